The highest BCUT2D eigenvalue weighted by molar-refractivity contribution is 7.87. The van der Waals surface area contributed by atoms with Crippen LogP contribution < -0.4 is 15.2 Å². The number of ether oxygens (including phenoxy) is 2. The van der Waals surface area contributed by atoms with Gasteiger partial charge in [0.2, 0.25) is 5.13 Å². The number of aromatic hydroxyl groups is 1. The first-order valence-corrected chi connectivity index (χ1v) is 21.2. The Morgan fingerprint density at radius 1 is 0.833 bits per heavy atom. The minimum absolute atomic E-state index is 0.0203. The van der Waals surface area contributed by atoms with Gasteiger partial charge in [0.15, 0.2) is 10.6 Å². The Hall–Kier alpha value is -4.93. The first kappa shape index (κ1) is 40.3. The van der Waals surface area contributed by atoms with Crippen LogP contribution in [-0.2, 0) is 40.5 Å². The van der Waals surface area contributed by atoms with Crippen LogP contribution in [-0.4, -0.2) is 81.4 Å². The van der Waals surface area contributed by atoms with Gasteiger partial charge in [0, 0.05) is 22.5 Å². The molecule has 0 saturated heterocycles. The molecular weight excluding hydrogens is 821 g/mol. The molecule has 288 valence electrons. The highest BCUT2D eigenvalue weighted by Crippen LogP contribution is 2.45. The summed E-state index contributed by atoms with van der Waals surface area (Å²) >= 11 is 0.754. The number of aryl methyl sites for hydroxylation is 1. The molecular formula is C28H24N6O15S5-2. The number of rotatable bonds is 13. The van der Waals surface area contributed by atoms with Gasteiger partial charge in [-0.25, -0.2) is 21.8 Å². The Balaban J connectivity index is 1.62. The Labute approximate surface area is 309 Å². The lowest BCUT2D eigenvalue weighted by Gasteiger charge is -2.18. The molecule has 5 N–H and O–H groups in total. The van der Waals surface area contributed by atoms with E-state index in [1.807, 2.05) is 0 Å². The van der Waals surface area contributed by atoms with Gasteiger partial charge in [-0.1, -0.05) is 11.3 Å². The van der Waals surface area contributed by atoms with Crippen LogP contribution in [0, 0.1) is 6.92 Å². The SMILES string of the molecule is COc1ccc2nc(N=Nc3cc(OCCCS(=O)(=O)O)c(N=Nc4c(S(=O)(=O)[O-])cc5c(S(=O)(=O)[O-])c(N)ccc5c4O)cc3C)sc2c1S(=O)(=O)O. The second-order valence-electron chi connectivity index (χ2n) is 11.0. The van der Waals surface area contributed by atoms with Crippen molar-refractivity contribution >= 4 is 101 Å². The molecule has 5 rings (SSSR count). The summed E-state index contributed by atoms with van der Waals surface area (Å²) in [5.74, 6) is -2.10. The Morgan fingerprint density at radius 3 is 2.13 bits per heavy atom. The van der Waals surface area contributed by atoms with Crippen molar-refractivity contribution in [1.29, 1.82) is 0 Å². The fourth-order valence-corrected chi connectivity index (χ4v) is 8.87. The van der Waals surface area contributed by atoms with E-state index in [-0.39, 0.29) is 51.2 Å². The minimum atomic E-state index is -5.54. The Morgan fingerprint density at radius 2 is 1.52 bits per heavy atom. The van der Waals surface area contributed by atoms with E-state index in [0.29, 0.717) is 11.6 Å². The number of aromatic nitrogens is 1. The van der Waals surface area contributed by atoms with Crippen molar-refractivity contribution in [2.75, 3.05) is 25.2 Å². The van der Waals surface area contributed by atoms with Crippen molar-refractivity contribution < 1.29 is 66.5 Å². The zero-order valence-corrected chi connectivity index (χ0v) is 31.3. The maximum atomic E-state index is 12.3. The van der Waals surface area contributed by atoms with E-state index in [1.54, 1.807) is 0 Å². The molecule has 0 fully saturated rings. The van der Waals surface area contributed by atoms with Crippen LogP contribution in [0.1, 0.15) is 12.0 Å². The zero-order chi connectivity index (χ0) is 40.0. The third-order valence-electron chi connectivity index (χ3n) is 7.26. The predicted molar refractivity (Wildman–Crippen MR) is 188 cm³/mol. The number of anilines is 1. The number of phenolic OH excluding ortho intramolecular Hbond substituents is 1. The number of azo groups is 2. The topological polar surface area (TPSA) is 350 Å². The van der Waals surface area contributed by atoms with Crippen molar-refractivity contribution in [2.45, 2.75) is 28.0 Å². The molecule has 0 amide bonds. The van der Waals surface area contributed by atoms with Gasteiger partial charge in [-0.05, 0) is 55.3 Å². The molecule has 4 aromatic carbocycles. The van der Waals surface area contributed by atoms with Crippen LogP contribution >= 0.6 is 11.3 Å². The second-order valence-corrected chi connectivity index (χ2v) is 17.5. The van der Waals surface area contributed by atoms with Gasteiger partial charge in [0.25, 0.3) is 20.2 Å². The summed E-state index contributed by atoms with van der Waals surface area (Å²) in [6.45, 7) is 1.15. The van der Waals surface area contributed by atoms with Gasteiger partial charge >= 0.3 is 0 Å². The number of nitrogens with two attached hydrogens (primary N) is 1. The van der Waals surface area contributed by atoms with E-state index in [1.165, 1.54) is 38.3 Å². The van der Waals surface area contributed by atoms with Crippen LogP contribution in [0.4, 0.5) is 27.9 Å². The molecule has 0 bridgehead atoms. The normalized spacial score (nSPS) is 13.1. The van der Waals surface area contributed by atoms with Crippen molar-refractivity contribution in [3.8, 4) is 17.2 Å². The quantitative estimate of drug-likeness (QED) is 0.0544. The zero-order valence-electron chi connectivity index (χ0n) is 27.3. The molecule has 21 nitrogen and oxygen atoms in total. The number of methoxy groups -OCH3 is 1. The molecule has 1 aromatic heterocycles. The first-order chi connectivity index (χ1) is 25.0. The molecule has 54 heavy (non-hydrogen) atoms. The summed E-state index contributed by atoms with van der Waals surface area (Å²) in [6.07, 6.45) is -0.233. The molecule has 0 spiro atoms. The summed E-state index contributed by atoms with van der Waals surface area (Å²) in [5.41, 5.74) is 4.39. The number of benzene rings is 4. The van der Waals surface area contributed by atoms with Crippen molar-refractivity contribution in [2.24, 2.45) is 20.5 Å². The number of phenols is 1. The van der Waals surface area contributed by atoms with Gasteiger partial charge in [-0.15, -0.1) is 20.5 Å². The smallest absolute Gasteiger partial charge is 0.299 e. The van der Waals surface area contributed by atoms with Crippen LogP contribution in [0.25, 0.3) is 21.0 Å². The van der Waals surface area contributed by atoms with Gasteiger partial charge in [0.05, 0.1) is 45.2 Å². The maximum absolute atomic E-state index is 12.3. The number of nitrogen functional groups attached to an aromatic ring is 1. The lowest BCUT2D eigenvalue weighted by molar-refractivity contribution is 0.317. The molecule has 0 atom stereocenters. The lowest BCUT2D eigenvalue weighted by Crippen LogP contribution is -2.08. The van der Waals surface area contributed by atoms with Gasteiger partial charge in [0.1, 0.15) is 43.1 Å². The average Bonchev–Trinajstić information content (AvgIpc) is 3.46. The highest BCUT2D eigenvalue weighted by atomic mass is 32.2. The van der Waals surface area contributed by atoms with Crippen molar-refractivity contribution in [3.63, 3.8) is 0 Å². The number of fused-ring (bicyclic) bond motifs is 2. The Kier molecular flexibility index (Phi) is 11.0. The second kappa shape index (κ2) is 14.7. The molecule has 0 radical (unpaired) electrons. The maximum Gasteiger partial charge on any atom is 0.299 e. The molecule has 0 aliphatic rings. The average molecular weight is 845 g/mol. The van der Waals surface area contributed by atoms with Crippen molar-refractivity contribution in [3.05, 3.63) is 48.0 Å². The van der Waals surface area contributed by atoms with E-state index < -0.39 is 88.8 Å². The Bertz CT molecular complexity index is 2860. The van der Waals surface area contributed by atoms with E-state index in [0.717, 1.165) is 23.5 Å². The number of thiazole rings is 1. The summed E-state index contributed by atoms with van der Waals surface area (Å²) in [6, 6.07) is 7.74. The minimum Gasteiger partial charge on any atom is -0.744 e. The molecule has 0 unspecified atom stereocenters. The van der Waals surface area contributed by atoms with E-state index in [9.17, 15) is 52.4 Å². The van der Waals surface area contributed by atoms with Crippen molar-refractivity contribution in [1.82, 2.24) is 4.98 Å². The van der Waals surface area contributed by atoms with Gasteiger partial charge in [-0.2, -0.15) is 16.8 Å². The monoisotopic (exact) mass is 844 g/mol. The van der Waals surface area contributed by atoms with Gasteiger partial charge < -0.3 is 29.4 Å². The summed E-state index contributed by atoms with van der Waals surface area (Å²) in [5, 5.41) is 25.7. The third kappa shape index (κ3) is 8.71. The summed E-state index contributed by atoms with van der Waals surface area (Å²) < 4.78 is 149. The lowest BCUT2D eigenvalue weighted by atomic mass is 10.1. The third-order valence-corrected chi connectivity index (χ3v) is 11.9. The molecule has 26 heteroatoms. The number of hydrogen-bond donors (Lipinski definition) is 4. The summed E-state index contributed by atoms with van der Waals surface area (Å²) in [7, 11) is -18.8. The molecule has 5 aromatic rings. The molecule has 1 heterocycles. The molecule has 0 aliphatic heterocycles. The predicted octanol–water partition coefficient (Wildman–Crippen LogP) is 4.60. The van der Waals surface area contributed by atoms with E-state index in [4.69, 9.17) is 19.8 Å². The highest BCUT2D eigenvalue weighted by Gasteiger charge is 2.24. The molecule has 0 aliphatic carbocycles. The number of nitrogens with zero attached hydrogens (tertiary/aromatic N) is 5. The first-order valence-electron chi connectivity index (χ1n) is 14.5. The van der Waals surface area contributed by atoms with E-state index in [2.05, 4.69) is 25.4 Å². The molecule has 0 saturated carbocycles. The van der Waals surface area contributed by atoms with Gasteiger partial charge in [-0.3, -0.25) is 9.11 Å². The summed E-state index contributed by atoms with van der Waals surface area (Å²) in [4.78, 5) is 1.31. The van der Waals surface area contributed by atoms with Crippen LogP contribution in [0.5, 0.6) is 17.2 Å². The fraction of sp³-hybridized carbons (Fsp3) is 0.179. The van der Waals surface area contributed by atoms with E-state index >= 15 is 0 Å². The standard InChI is InChI=1S/C28H26N6O15S5/c1-13-10-19(32-33-23-22(52(39,40)41)11-15-14(24(23)35)4-5-16(29)26(15)53(42,43)44)21(49-8-3-9-51(36,37)38)12-18(13)31-34-28-30-17-6-7-20(48-2)27(25(17)50-28)54(45,46)47/h4-7,10-12,35H,3,8-9,29H2,1-2H3,(H,36,37,38)(H,39,40,41)(H,42,43,44)(H,45,46,47)/p-2. The van der Waals surface area contributed by atoms with Crippen LogP contribution in [0.3, 0.4) is 0 Å². The fourth-order valence-electron chi connectivity index (χ4n) is 4.95. The van der Waals surface area contributed by atoms with Crippen LogP contribution in [0.2, 0.25) is 0 Å². The van der Waals surface area contributed by atoms with Crippen LogP contribution in [0.15, 0.2) is 77.6 Å². The number of hydrogen-bond acceptors (Lipinski definition) is 20. The largest absolute Gasteiger partial charge is 0.744 e.